The van der Waals surface area contributed by atoms with Crippen molar-refractivity contribution in [1.82, 2.24) is 0 Å². The first-order valence-corrected chi connectivity index (χ1v) is 8.02. The molecule has 0 unspecified atom stereocenters. The van der Waals surface area contributed by atoms with E-state index in [9.17, 15) is 14.4 Å². The Hall–Kier alpha value is -3.21. The lowest BCUT2D eigenvalue weighted by Gasteiger charge is -2.05. The smallest absolute Gasteiger partial charge is 0.344 e. The van der Waals surface area contributed by atoms with Crippen LogP contribution in [0.25, 0.3) is 21.9 Å². The zero-order valence-corrected chi connectivity index (χ0v) is 13.2. The molecule has 1 aliphatic rings. The Labute approximate surface area is 142 Å². The molecule has 0 fully saturated rings. The van der Waals surface area contributed by atoms with Crippen LogP contribution in [0.2, 0.25) is 0 Å². The maximum absolute atomic E-state index is 12.7. The second-order valence-electron chi connectivity index (χ2n) is 6.10. The van der Waals surface area contributed by atoms with Gasteiger partial charge in [-0.2, -0.15) is 0 Å². The molecule has 25 heavy (non-hydrogen) atoms. The van der Waals surface area contributed by atoms with Gasteiger partial charge in [0.1, 0.15) is 0 Å². The number of carboxylic acids is 1. The van der Waals surface area contributed by atoms with Crippen LogP contribution in [0.4, 0.5) is 0 Å². The van der Waals surface area contributed by atoms with Crippen LogP contribution in [-0.4, -0.2) is 16.9 Å². The van der Waals surface area contributed by atoms with Gasteiger partial charge in [0, 0.05) is 22.9 Å². The second-order valence-corrected chi connectivity index (χ2v) is 6.10. The Morgan fingerprint density at radius 3 is 2.52 bits per heavy atom. The summed E-state index contributed by atoms with van der Waals surface area (Å²) >= 11 is 0. The van der Waals surface area contributed by atoms with E-state index in [2.05, 4.69) is 0 Å². The van der Waals surface area contributed by atoms with Gasteiger partial charge in [-0.15, -0.1) is 0 Å². The molecule has 0 saturated carbocycles. The van der Waals surface area contributed by atoms with E-state index in [1.807, 2.05) is 24.3 Å². The van der Waals surface area contributed by atoms with Gasteiger partial charge in [-0.05, 0) is 36.1 Å². The number of ketones is 1. The van der Waals surface area contributed by atoms with E-state index >= 15 is 0 Å². The largest absolute Gasteiger partial charge is 0.481 e. The molecule has 2 aromatic carbocycles. The summed E-state index contributed by atoms with van der Waals surface area (Å²) in [5, 5.41) is 9.90. The zero-order valence-electron chi connectivity index (χ0n) is 13.2. The number of fused-ring (bicyclic) bond motifs is 5. The number of carboxylic acid groups (broad SMARTS) is 1. The Kier molecular flexibility index (Phi) is 3.50. The van der Waals surface area contributed by atoms with Crippen molar-refractivity contribution in [1.29, 1.82) is 0 Å². The van der Waals surface area contributed by atoms with Crippen LogP contribution in [0.15, 0.2) is 51.7 Å². The molecule has 4 rings (SSSR count). The summed E-state index contributed by atoms with van der Waals surface area (Å²) in [5.41, 5.74) is 2.29. The van der Waals surface area contributed by atoms with Crippen molar-refractivity contribution < 1.29 is 19.1 Å². The summed E-state index contributed by atoms with van der Waals surface area (Å²) in [4.78, 5) is 35.5. The molecule has 0 bridgehead atoms. The first-order chi connectivity index (χ1) is 12.1. The molecule has 0 aliphatic heterocycles. The van der Waals surface area contributed by atoms with E-state index in [4.69, 9.17) is 9.52 Å². The van der Waals surface area contributed by atoms with E-state index in [0.717, 1.165) is 11.1 Å². The van der Waals surface area contributed by atoms with Crippen LogP contribution >= 0.6 is 0 Å². The van der Waals surface area contributed by atoms with Crippen LogP contribution < -0.4 is 5.63 Å². The quantitative estimate of drug-likeness (QED) is 0.618. The van der Waals surface area contributed by atoms with Gasteiger partial charge in [0.2, 0.25) is 5.78 Å². The molecule has 3 aromatic rings. The number of carbonyl (C=O) groups is 2. The number of rotatable bonds is 4. The molecule has 0 radical (unpaired) electrons. The molecular weight excluding hydrogens is 320 g/mol. The third-order valence-corrected chi connectivity index (χ3v) is 4.50. The Morgan fingerprint density at radius 2 is 1.76 bits per heavy atom. The highest BCUT2D eigenvalue weighted by Gasteiger charge is 2.32. The van der Waals surface area contributed by atoms with Crippen molar-refractivity contribution in [3.63, 3.8) is 0 Å². The van der Waals surface area contributed by atoms with Gasteiger partial charge < -0.3 is 9.52 Å². The van der Waals surface area contributed by atoms with Gasteiger partial charge in [0.25, 0.3) is 0 Å². The van der Waals surface area contributed by atoms with Gasteiger partial charge in [-0.3, -0.25) is 9.59 Å². The molecule has 124 valence electrons. The van der Waals surface area contributed by atoms with Crippen LogP contribution in [0, 0.1) is 0 Å². The van der Waals surface area contributed by atoms with Gasteiger partial charge in [0.05, 0.1) is 5.39 Å². The average Bonchev–Trinajstić information content (AvgIpc) is 2.87. The fraction of sp³-hybridized carbons (Fsp3) is 0.150. The Morgan fingerprint density at radius 1 is 1.00 bits per heavy atom. The fourth-order valence-corrected chi connectivity index (χ4v) is 3.35. The van der Waals surface area contributed by atoms with Gasteiger partial charge in [-0.1, -0.05) is 30.3 Å². The van der Waals surface area contributed by atoms with Crippen molar-refractivity contribution in [2.45, 2.75) is 19.3 Å². The molecule has 0 spiro atoms. The molecule has 1 heterocycles. The summed E-state index contributed by atoms with van der Waals surface area (Å²) in [6, 6.07) is 12.6. The minimum absolute atomic E-state index is 0.0846. The third-order valence-electron chi connectivity index (χ3n) is 4.50. The van der Waals surface area contributed by atoms with Gasteiger partial charge >= 0.3 is 11.6 Å². The predicted octanol–water partition coefficient (Wildman–Crippen LogP) is 3.41. The molecule has 1 N–H and O–H groups in total. The Balaban J connectivity index is 1.82. The molecule has 0 saturated heterocycles. The van der Waals surface area contributed by atoms with E-state index in [-0.39, 0.29) is 18.0 Å². The topological polar surface area (TPSA) is 84.6 Å². The third kappa shape index (κ3) is 2.45. The molecule has 0 atom stereocenters. The summed E-state index contributed by atoms with van der Waals surface area (Å²) in [6.07, 6.45) is 1.17. The fourth-order valence-electron chi connectivity index (χ4n) is 3.35. The number of carbonyl (C=O) groups excluding carboxylic acids is 1. The standard InChI is InChI=1S/C20H14O5/c21-16(22)7-3-4-11-8-9-13-15(10-11)18(23)19-17(13)12-5-1-2-6-14(12)20(24)25-19/h1-2,5-6,8-10H,3-4,7H2,(H,21,22). The molecule has 1 aliphatic carbocycles. The van der Waals surface area contributed by atoms with Crippen LogP contribution in [0.3, 0.4) is 0 Å². The number of hydrogen-bond donors (Lipinski definition) is 1. The first kappa shape index (κ1) is 15.3. The van der Waals surface area contributed by atoms with Gasteiger partial charge in [-0.25, -0.2) is 4.79 Å². The number of benzene rings is 2. The van der Waals surface area contributed by atoms with Gasteiger partial charge in [0.15, 0.2) is 5.76 Å². The average molecular weight is 334 g/mol. The highest BCUT2D eigenvalue weighted by molar-refractivity contribution is 6.24. The molecule has 5 heteroatoms. The van der Waals surface area contributed by atoms with Crippen molar-refractivity contribution in [3.8, 4) is 11.1 Å². The monoisotopic (exact) mass is 334 g/mol. The summed E-state index contributed by atoms with van der Waals surface area (Å²) in [5.74, 6) is -1.05. The molecule has 0 amide bonds. The summed E-state index contributed by atoms with van der Waals surface area (Å²) in [7, 11) is 0. The highest BCUT2D eigenvalue weighted by Crippen LogP contribution is 2.40. The van der Waals surface area contributed by atoms with E-state index in [0.29, 0.717) is 34.7 Å². The Bertz CT molecular complexity index is 1090. The lowest BCUT2D eigenvalue weighted by Crippen LogP contribution is -2.05. The number of aliphatic carboxylic acids is 1. The van der Waals surface area contributed by atoms with Crippen molar-refractivity contribution in [2.75, 3.05) is 0 Å². The number of hydrogen-bond acceptors (Lipinski definition) is 4. The van der Waals surface area contributed by atoms with Crippen LogP contribution in [-0.2, 0) is 11.2 Å². The minimum atomic E-state index is -0.835. The van der Waals surface area contributed by atoms with E-state index < -0.39 is 11.6 Å². The van der Waals surface area contributed by atoms with E-state index in [1.165, 1.54) is 0 Å². The molecule has 1 aromatic heterocycles. The SMILES string of the molecule is O=C(O)CCCc1ccc2c(c1)C(=O)c1oc(=O)c3ccccc3c1-2. The maximum atomic E-state index is 12.7. The normalized spacial score (nSPS) is 12.2. The summed E-state index contributed by atoms with van der Waals surface area (Å²) < 4.78 is 5.30. The van der Waals surface area contributed by atoms with Crippen molar-refractivity contribution in [2.24, 2.45) is 0 Å². The first-order valence-electron chi connectivity index (χ1n) is 8.02. The second kappa shape index (κ2) is 5.70. The highest BCUT2D eigenvalue weighted by atomic mass is 16.4. The van der Waals surface area contributed by atoms with Crippen LogP contribution in [0.1, 0.15) is 34.5 Å². The predicted molar refractivity (Wildman–Crippen MR) is 91.9 cm³/mol. The molecular formula is C20H14O5. The van der Waals surface area contributed by atoms with Crippen molar-refractivity contribution in [3.05, 3.63) is 69.8 Å². The lowest BCUT2D eigenvalue weighted by atomic mass is 9.98. The van der Waals surface area contributed by atoms with E-state index in [1.54, 1.807) is 18.2 Å². The molecule has 5 nitrogen and oxygen atoms in total. The minimum Gasteiger partial charge on any atom is -0.481 e. The zero-order chi connectivity index (χ0) is 17.6. The number of aryl methyl sites for hydroxylation is 1. The lowest BCUT2D eigenvalue weighted by molar-refractivity contribution is -0.137. The maximum Gasteiger partial charge on any atom is 0.344 e. The van der Waals surface area contributed by atoms with Crippen LogP contribution in [0.5, 0.6) is 0 Å². The summed E-state index contributed by atoms with van der Waals surface area (Å²) in [6.45, 7) is 0. The van der Waals surface area contributed by atoms with Crippen molar-refractivity contribution >= 4 is 22.5 Å².